The normalized spacial score (nSPS) is 10.3. The molecule has 0 aliphatic heterocycles. The van der Waals surface area contributed by atoms with Gasteiger partial charge in [-0.25, -0.2) is 0 Å². The Labute approximate surface area is 110 Å². The van der Waals surface area contributed by atoms with Crippen LogP contribution in [0.15, 0.2) is 60.8 Å². The van der Waals surface area contributed by atoms with Gasteiger partial charge in [0.2, 0.25) is 0 Å². The molecule has 19 heavy (non-hydrogen) atoms. The molecule has 0 saturated heterocycles. The number of para-hydroxylation sites is 1. The fourth-order valence-corrected chi connectivity index (χ4v) is 1.84. The maximum absolute atomic E-state index is 9.76. The van der Waals surface area contributed by atoms with Crippen LogP contribution in [0.2, 0.25) is 0 Å². The van der Waals surface area contributed by atoms with Crippen LogP contribution in [0.3, 0.4) is 0 Å². The van der Waals surface area contributed by atoms with Gasteiger partial charge < -0.3 is 9.84 Å². The van der Waals surface area contributed by atoms with Crippen LogP contribution in [0.1, 0.15) is 0 Å². The summed E-state index contributed by atoms with van der Waals surface area (Å²) in [5.74, 6) is 1.46. The molecule has 2 aromatic carbocycles. The second kappa shape index (κ2) is 4.86. The topological polar surface area (TPSA) is 58.1 Å². The molecule has 94 valence electrons. The molecule has 0 bridgehead atoms. The highest BCUT2D eigenvalue weighted by Crippen LogP contribution is 2.30. The van der Waals surface area contributed by atoms with Gasteiger partial charge in [-0.05, 0) is 30.3 Å². The smallest absolute Gasteiger partial charge is 0.131 e. The van der Waals surface area contributed by atoms with Crippen molar-refractivity contribution < 1.29 is 9.84 Å². The van der Waals surface area contributed by atoms with Crippen LogP contribution in [-0.2, 0) is 0 Å². The number of aromatic amines is 1. The third-order valence-corrected chi connectivity index (χ3v) is 2.68. The summed E-state index contributed by atoms with van der Waals surface area (Å²) in [6.45, 7) is 0. The van der Waals surface area contributed by atoms with Crippen molar-refractivity contribution in [3.05, 3.63) is 60.8 Å². The Balaban J connectivity index is 1.94. The predicted molar refractivity (Wildman–Crippen MR) is 72.2 cm³/mol. The molecule has 0 aliphatic carbocycles. The van der Waals surface area contributed by atoms with E-state index in [1.165, 1.54) is 0 Å². The Kier molecular flexibility index (Phi) is 2.90. The lowest BCUT2D eigenvalue weighted by atomic mass is 10.1. The van der Waals surface area contributed by atoms with Gasteiger partial charge in [0.05, 0.1) is 5.69 Å². The van der Waals surface area contributed by atoms with E-state index in [-0.39, 0.29) is 5.75 Å². The van der Waals surface area contributed by atoms with Gasteiger partial charge >= 0.3 is 0 Å². The largest absolute Gasteiger partial charge is 0.508 e. The minimum Gasteiger partial charge on any atom is -0.508 e. The number of nitrogens with one attached hydrogen (secondary N) is 1. The van der Waals surface area contributed by atoms with Crippen molar-refractivity contribution in [2.24, 2.45) is 0 Å². The molecule has 0 radical (unpaired) electrons. The van der Waals surface area contributed by atoms with Crippen molar-refractivity contribution >= 4 is 0 Å². The summed E-state index contributed by atoms with van der Waals surface area (Å²) >= 11 is 0. The van der Waals surface area contributed by atoms with Gasteiger partial charge in [-0.15, -0.1) is 0 Å². The van der Waals surface area contributed by atoms with E-state index in [0.29, 0.717) is 5.75 Å². The molecule has 2 N–H and O–H groups in total. The Morgan fingerprint density at radius 2 is 1.79 bits per heavy atom. The number of aromatic nitrogens is 2. The molecule has 0 fully saturated rings. The number of ether oxygens (including phenoxy) is 1. The molecule has 4 nitrogen and oxygen atoms in total. The number of phenolic OH excluding ortho intramolecular Hbond substituents is 1. The first-order valence-electron chi connectivity index (χ1n) is 5.88. The maximum atomic E-state index is 9.76. The fourth-order valence-electron chi connectivity index (χ4n) is 1.84. The van der Waals surface area contributed by atoms with Crippen LogP contribution in [0.4, 0.5) is 0 Å². The Hall–Kier alpha value is -2.75. The second-order valence-corrected chi connectivity index (χ2v) is 4.10. The van der Waals surface area contributed by atoms with Gasteiger partial charge in [-0.1, -0.05) is 18.2 Å². The van der Waals surface area contributed by atoms with E-state index in [1.54, 1.807) is 18.3 Å². The number of hydrogen-bond acceptors (Lipinski definition) is 3. The predicted octanol–water partition coefficient (Wildman–Crippen LogP) is 3.57. The van der Waals surface area contributed by atoms with E-state index >= 15 is 0 Å². The highest BCUT2D eigenvalue weighted by atomic mass is 16.5. The van der Waals surface area contributed by atoms with Crippen molar-refractivity contribution in [3.63, 3.8) is 0 Å². The van der Waals surface area contributed by atoms with Gasteiger partial charge in [0.1, 0.15) is 17.2 Å². The standard InChI is InChI=1S/C15H12N2O2/c18-12-8-11(15-6-7-16-17-15)9-14(10-12)19-13-4-2-1-3-5-13/h1-10,18H,(H,16,17). The fraction of sp³-hybridized carbons (Fsp3) is 0. The summed E-state index contributed by atoms with van der Waals surface area (Å²) in [5, 5.41) is 16.5. The van der Waals surface area contributed by atoms with E-state index < -0.39 is 0 Å². The van der Waals surface area contributed by atoms with Crippen molar-refractivity contribution in [2.45, 2.75) is 0 Å². The molecule has 0 aliphatic rings. The minimum atomic E-state index is 0.151. The summed E-state index contributed by atoms with van der Waals surface area (Å²) in [4.78, 5) is 0. The summed E-state index contributed by atoms with van der Waals surface area (Å²) in [7, 11) is 0. The van der Waals surface area contributed by atoms with Gasteiger partial charge in [-0.2, -0.15) is 5.10 Å². The molecular formula is C15H12N2O2. The van der Waals surface area contributed by atoms with Gasteiger partial charge in [0.15, 0.2) is 0 Å². The van der Waals surface area contributed by atoms with E-state index in [0.717, 1.165) is 17.0 Å². The number of phenols is 1. The average Bonchev–Trinajstić information content (AvgIpc) is 2.93. The van der Waals surface area contributed by atoms with Crippen LogP contribution in [0.25, 0.3) is 11.3 Å². The highest BCUT2D eigenvalue weighted by molar-refractivity contribution is 5.63. The lowest BCUT2D eigenvalue weighted by molar-refractivity contribution is 0.455. The van der Waals surface area contributed by atoms with Crippen molar-refractivity contribution in [1.29, 1.82) is 0 Å². The van der Waals surface area contributed by atoms with Crippen molar-refractivity contribution in [3.8, 4) is 28.5 Å². The number of H-pyrrole nitrogens is 1. The molecule has 1 aromatic heterocycles. The zero-order valence-electron chi connectivity index (χ0n) is 10.1. The zero-order valence-corrected chi connectivity index (χ0v) is 10.1. The van der Waals surface area contributed by atoms with Crippen molar-refractivity contribution in [1.82, 2.24) is 10.2 Å². The summed E-state index contributed by atoms with van der Waals surface area (Å²) < 4.78 is 5.70. The van der Waals surface area contributed by atoms with Crippen LogP contribution in [-0.4, -0.2) is 15.3 Å². The minimum absolute atomic E-state index is 0.151. The van der Waals surface area contributed by atoms with E-state index in [2.05, 4.69) is 10.2 Å². The van der Waals surface area contributed by atoms with Crippen LogP contribution in [0.5, 0.6) is 17.2 Å². The molecule has 0 spiro atoms. The summed E-state index contributed by atoms with van der Waals surface area (Å²) in [6, 6.07) is 16.4. The molecule has 0 saturated carbocycles. The second-order valence-electron chi connectivity index (χ2n) is 4.10. The van der Waals surface area contributed by atoms with Gasteiger partial charge in [0.25, 0.3) is 0 Å². The highest BCUT2D eigenvalue weighted by Gasteiger charge is 2.05. The first-order valence-corrected chi connectivity index (χ1v) is 5.88. The summed E-state index contributed by atoms with van der Waals surface area (Å²) in [5.41, 5.74) is 1.65. The van der Waals surface area contributed by atoms with Crippen molar-refractivity contribution in [2.75, 3.05) is 0 Å². The zero-order chi connectivity index (χ0) is 13.1. The third-order valence-electron chi connectivity index (χ3n) is 2.68. The molecule has 3 aromatic rings. The maximum Gasteiger partial charge on any atom is 0.131 e. The Morgan fingerprint density at radius 1 is 0.947 bits per heavy atom. The molecule has 3 rings (SSSR count). The summed E-state index contributed by atoms with van der Waals surface area (Å²) in [6.07, 6.45) is 1.66. The number of benzene rings is 2. The number of rotatable bonds is 3. The SMILES string of the molecule is Oc1cc(Oc2ccccc2)cc(-c2ccn[nH]2)c1. The van der Waals surface area contributed by atoms with E-state index in [1.807, 2.05) is 42.5 Å². The number of aromatic hydroxyl groups is 1. The monoisotopic (exact) mass is 252 g/mol. The first kappa shape index (κ1) is 11.3. The Bertz CT molecular complexity index is 664. The molecule has 1 heterocycles. The first-order chi connectivity index (χ1) is 9.31. The third kappa shape index (κ3) is 2.57. The van der Waals surface area contributed by atoms with E-state index in [4.69, 9.17) is 4.74 Å². The van der Waals surface area contributed by atoms with Gasteiger partial charge in [0, 0.05) is 17.8 Å². The quantitative estimate of drug-likeness (QED) is 0.749. The van der Waals surface area contributed by atoms with Crippen LogP contribution < -0.4 is 4.74 Å². The number of hydrogen-bond donors (Lipinski definition) is 2. The lowest BCUT2D eigenvalue weighted by Crippen LogP contribution is -1.85. The Morgan fingerprint density at radius 3 is 2.53 bits per heavy atom. The lowest BCUT2D eigenvalue weighted by Gasteiger charge is -2.08. The molecule has 0 amide bonds. The molecular weight excluding hydrogens is 240 g/mol. The van der Waals surface area contributed by atoms with Gasteiger partial charge in [-0.3, -0.25) is 5.10 Å². The molecule has 0 atom stereocenters. The van der Waals surface area contributed by atoms with E-state index in [9.17, 15) is 5.11 Å². The molecule has 0 unspecified atom stereocenters. The average molecular weight is 252 g/mol. The van der Waals surface area contributed by atoms with Crippen LogP contribution in [0, 0.1) is 0 Å². The number of nitrogens with zero attached hydrogens (tertiary/aromatic N) is 1. The molecule has 4 heteroatoms. The van der Waals surface area contributed by atoms with Crippen LogP contribution >= 0.6 is 0 Å².